The van der Waals surface area contributed by atoms with Crippen molar-refractivity contribution in [1.82, 2.24) is 30.3 Å². The van der Waals surface area contributed by atoms with Crippen molar-refractivity contribution in [2.24, 2.45) is 17.1 Å². The third kappa shape index (κ3) is 13.4. The lowest BCUT2D eigenvalue weighted by Gasteiger charge is -2.41. The summed E-state index contributed by atoms with van der Waals surface area (Å²) in [5.41, 5.74) is 7.78. The molecule has 60 heavy (non-hydrogen) atoms. The number of rotatable bonds is 20. The molecule has 0 radical (unpaired) electrons. The van der Waals surface area contributed by atoms with Crippen LogP contribution in [0.4, 0.5) is 8.78 Å². The smallest absolute Gasteiger partial charge is 0.248 e. The van der Waals surface area contributed by atoms with Gasteiger partial charge in [-0.1, -0.05) is 64.4 Å². The van der Waals surface area contributed by atoms with Gasteiger partial charge in [-0.2, -0.15) is 0 Å². The second-order valence-corrected chi connectivity index (χ2v) is 17.0. The molecule has 0 aliphatic rings. The highest BCUT2D eigenvalue weighted by Gasteiger charge is 2.38. The van der Waals surface area contributed by atoms with Crippen LogP contribution in [0.15, 0.2) is 60.8 Å². The third-order valence-corrected chi connectivity index (χ3v) is 10.8. The van der Waals surface area contributed by atoms with Crippen molar-refractivity contribution in [3.05, 3.63) is 83.7 Å². The van der Waals surface area contributed by atoms with Crippen LogP contribution in [0.3, 0.4) is 0 Å². The summed E-state index contributed by atoms with van der Waals surface area (Å²) in [6.45, 7) is 15.7. The predicted octanol–water partition coefficient (Wildman–Crippen LogP) is 4.90. The lowest BCUT2D eigenvalue weighted by molar-refractivity contribution is -0.141. The highest BCUT2D eigenvalue weighted by Crippen LogP contribution is 2.41. The quantitative estimate of drug-likeness (QED) is 0.107. The van der Waals surface area contributed by atoms with Crippen LogP contribution in [0.5, 0.6) is 0 Å². The van der Waals surface area contributed by atoms with Crippen LogP contribution in [0.1, 0.15) is 98.9 Å². The number of aliphatic hydroxyl groups is 1. The summed E-state index contributed by atoms with van der Waals surface area (Å²) >= 11 is 0. The predicted molar refractivity (Wildman–Crippen MR) is 228 cm³/mol. The van der Waals surface area contributed by atoms with Crippen molar-refractivity contribution in [2.75, 3.05) is 20.2 Å². The summed E-state index contributed by atoms with van der Waals surface area (Å²) in [5, 5.41) is 18.6. The lowest BCUT2D eigenvalue weighted by atomic mass is 9.82. The number of aromatic nitrogens is 1. The Kier molecular flexibility index (Phi) is 18.0. The van der Waals surface area contributed by atoms with Gasteiger partial charge in [-0.15, -0.1) is 0 Å². The maximum atomic E-state index is 15.1. The molecule has 6 atom stereocenters. The first-order valence-corrected chi connectivity index (χ1v) is 20.6. The van der Waals surface area contributed by atoms with Gasteiger partial charge in [-0.3, -0.25) is 24.0 Å². The van der Waals surface area contributed by atoms with Crippen LogP contribution in [0.2, 0.25) is 0 Å². The number of carbonyl (C=O) groups excluding carboxylic acids is 5. The van der Waals surface area contributed by atoms with E-state index < -0.39 is 77.5 Å². The highest BCUT2D eigenvalue weighted by atomic mass is 19.1. The number of carbonyl (C=O) groups is 5. The number of halogens is 2. The molecule has 330 valence electrons. The van der Waals surface area contributed by atoms with E-state index in [0.29, 0.717) is 24.2 Å². The number of benzene rings is 2. The summed E-state index contributed by atoms with van der Waals surface area (Å²) < 4.78 is 31.4. The van der Waals surface area contributed by atoms with Crippen molar-refractivity contribution < 1.29 is 37.9 Å². The fraction of sp³-hybridized carbons (Fsp3) is 0.533. The minimum absolute atomic E-state index is 0.00803. The molecule has 0 saturated carbocycles. The van der Waals surface area contributed by atoms with E-state index in [-0.39, 0.29) is 42.8 Å². The van der Waals surface area contributed by atoms with Crippen molar-refractivity contribution in [2.45, 2.75) is 124 Å². The average Bonchev–Trinajstić information content (AvgIpc) is 3.59. The van der Waals surface area contributed by atoms with E-state index in [1.807, 2.05) is 76.4 Å². The number of nitrogens with one attached hydrogen (secondary N) is 3. The maximum Gasteiger partial charge on any atom is 0.248 e. The molecule has 2 unspecified atom stereocenters. The summed E-state index contributed by atoms with van der Waals surface area (Å²) in [7, 11) is 1.50. The van der Waals surface area contributed by atoms with Gasteiger partial charge in [-0.05, 0) is 82.2 Å². The zero-order valence-corrected chi connectivity index (χ0v) is 36.7. The Bertz CT molecular complexity index is 1930. The maximum absolute atomic E-state index is 15.1. The SMILES string of the molecule is CCC(CC(=O)N[C@@H](C)C(=O)N(C)[C@@H](C)C(=O)NC(C)C)C(C)NC(=O)[C@@H](N)CCN(C(=O)CO)[C@@H](c1cc(-c2cc(F)ccc2F)cn1Cc1ccccc1)C(C)(C)C. The number of amides is 5. The van der Waals surface area contributed by atoms with E-state index in [2.05, 4.69) is 16.0 Å². The molecule has 5 amide bonds. The van der Waals surface area contributed by atoms with E-state index in [1.165, 1.54) is 16.8 Å². The molecule has 15 heteroatoms. The van der Waals surface area contributed by atoms with Crippen LogP contribution >= 0.6 is 0 Å². The molecular weight excluding hydrogens is 773 g/mol. The second-order valence-electron chi connectivity index (χ2n) is 17.0. The molecule has 2 aromatic carbocycles. The lowest BCUT2D eigenvalue weighted by Crippen LogP contribution is -2.53. The molecule has 0 spiro atoms. The number of aliphatic hydroxyl groups excluding tert-OH is 1. The Balaban J connectivity index is 1.78. The number of hydrogen-bond acceptors (Lipinski definition) is 7. The molecular formula is C45H65F2N7O6. The Morgan fingerprint density at radius 1 is 0.900 bits per heavy atom. The molecule has 3 rings (SSSR count). The minimum atomic E-state index is -1.08. The molecule has 0 saturated heterocycles. The number of hydrogen-bond donors (Lipinski definition) is 5. The molecule has 0 bridgehead atoms. The summed E-state index contributed by atoms with van der Waals surface area (Å²) in [5.74, 6) is -3.77. The Labute approximate surface area is 353 Å². The van der Waals surface area contributed by atoms with Crippen molar-refractivity contribution in [1.29, 1.82) is 0 Å². The van der Waals surface area contributed by atoms with Gasteiger partial charge in [-0.25, -0.2) is 8.78 Å². The topological polar surface area (TPSA) is 179 Å². The van der Waals surface area contributed by atoms with Gasteiger partial charge in [0.15, 0.2) is 0 Å². The van der Waals surface area contributed by atoms with Gasteiger partial charge in [0.25, 0.3) is 0 Å². The highest BCUT2D eigenvalue weighted by molar-refractivity contribution is 5.91. The molecule has 0 aliphatic carbocycles. The Hall–Kier alpha value is -5.15. The fourth-order valence-corrected chi connectivity index (χ4v) is 7.31. The normalized spacial score (nSPS) is 14.7. The van der Waals surface area contributed by atoms with E-state index in [0.717, 1.165) is 23.8 Å². The largest absolute Gasteiger partial charge is 0.387 e. The zero-order valence-electron chi connectivity index (χ0n) is 36.7. The Morgan fingerprint density at radius 2 is 1.55 bits per heavy atom. The first-order valence-electron chi connectivity index (χ1n) is 20.6. The van der Waals surface area contributed by atoms with E-state index in [9.17, 15) is 33.5 Å². The van der Waals surface area contributed by atoms with E-state index >= 15 is 4.39 Å². The Morgan fingerprint density at radius 3 is 2.13 bits per heavy atom. The summed E-state index contributed by atoms with van der Waals surface area (Å²) in [6.07, 6.45) is 2.26. The van der Waals surface area contributed by atoms with Gasteiger partial charge in [0, 0.05) is 61.7 Å². The molecule has 1 aromatic heterocycles. The molecule has 1 heterocycles. The molecule has 0 fully saturated rings. The van der Waals surface area contributed by atoms with Crippen molar-refractivity contribution in [3.8, 4) is 11.1 Å². The number of nitrogens with two attached hydrogens (primary N) is 1. The number of nitrogens with zero attached hydrogens (tertiary/aromatic N) is 3. The first kappa shape index (κ1) is 49.2. The van der Waals surface area contributed by atoms with Gasteiger partial charge in [0.05, 0.1) is 12.1 Å². The average molecular weight is 838 g/mol. The second kappa shape index (κ2) is 21.9. The van der Waals surface area contributed by atoms with Crippen molar-refractivity contribution >= 4 is 29.5 Å². The monoisotopic (exact) mass is 837 g/mol. The minimum Gasteiger partial charge on any atom is -0.387 e. The first-order chi connectivity index (χ1) is 28.1. The van der Waals surface area contributed by atoms with Gasteiger partial charge < -0.3 is 41.2 Å². The van der Waals surface area contributed by atoms with Gasteiger partial charge in [0.2, 0.25) is 29.5 Å². The van der Waals surface area contributed by atoms with Crippen LogP contribution in [0.25, 0.3) is 11.1 Å². The number of likely N-dealkylation sites (N-methyl/N-ethyl adjacent to an activating group) is 1. The van der Waals surface area contributed by atoms with Crippen molar-refractivity contribution in [3.63, 3.8) is 0 Å². The van der Waals surface area contributed by atoms with Gasteiger partial charge >= 0.3 is 0 Å². The van der Waals surface area contributed by atoms with E-state index in [1.54, 1.807) is 33.0 Å². The third-order valence-electron chi connectivity index (χ3n) is 10.8. The molecule has 6 N–H and O–H groups in total. The molecule has 13 nitrogen and oxygen atoms in total. The van der Waals surface area contributed by atoms with Gasteiger partial charge in [0.1, 0.15) is 30.3 Å². The van der Waals surface area contributed by atoms with Crippen LogP contribution in [0, 0.1) is 23.0 Å². The summed E-state index contributed by atoms with van der Waals surface area (Å²) in [4.78, 5) is 68.5. The standard InChI is InChI=1S/C45H65F2N7O6/c1-11-32(22-39(56)50-29(5)44(60)52(10)30(6)42(58)49-27(2)3)28(4)51-43(59)37(48)19-20-54(40(57)26-55)41(45(7,8)9)38-21-33(35-23-34(46)17-18-36(35)47)25-53(38)24-31-15-13-12-14-16-31/h12-18,21,23,25,27-30,32,37,41,55H,11,19-20,22,24,26,48H2,1-10H3,(H,49,58)(H,50,56)(H,51,59)/t28?,29-,30-,32?,37-,41-/m0/s1. The van der Waals surface area contributed by atoms with Crippen LogP contribution < -0.4 is 21.7 Å². The fourth-order valence-electron chi connectivity index (χ4n) is 7.31. The summed E-state index contributed by atoms with van der Waals surface area (Å²) in [6, 6.07) is 10.5. The zero-order chi connectivity index (χ0) is 45.1. The molecule has 0 aliphatic heterocycles. The van der Waals surface area contributed by atoms with Crippen LogP contribution in [-0.4, -0.2) is 99.4 Å². The van der Waals surface area contributed by atoms with E-state index in [4.69, 9.17) is 5.73 Å². The molecule has 3 aromatic rings. The van der Waals surface area contributed by atoms with Crippen LogP contribution in [-0.2, 0) is 30.5 Å².